The second kappa shape index (κ2) is 7.75. The molecule has 0 radical (unpaired) electrons. The molecule has 0 bridgehead atoms. The molecule has 0 saturated heterocycles. The number of carbonyl (C=O) groups is 2. The van der Waals surface area contributed by atoms with Crippen molar-refractivity contribution in [3.8, 4) is 0 Å². The van der Waals surface area contributed by atoms with Crippen LogP contribution in [-0.2, 0) is 9.53 Å². The molecule has 118 valence electrons. The van der Waals surface area contributed by atoms with Gasteiger partial charge in [-0.1, -0.05) is 47.5 Å². The zero-order chi connectivity index (χ0) is 16.8. The summed E-state index contributed by atoms with van der Waals surface area (Å²) in [6.45, 7) is 3.48. The summed E-state index contributed by atoms with van der Waals surface area (Å²) >= 11 is 5.99. The van der Waals surface area contributed by atoms with Crippen LogP contribution in [0.3, 0.4) is 0 Å². The predicted octanol–water partition coefficient (Wildman–Crippen LogP) is 4.40. The smallest absolute Gasteiger partial charge is 0.331 e. The van der Waals surface area contributed by atoms with Crippen molar-refractivity contribution in [3.05, 3.63) is 75.8 Å². The van der Waals surface area contributed by atoms with Gasteiger partial charge in [0.05, 0.1) is 0 Å². The van der Waals surface area contributed by atoms with Crippen LogP contribution in [0.4, 0.5) is 0 Å². The van der Waals surface area contributed by atoms with Gasteiger partial charge in [0.15, 0.2) is 6.61 Å². The monoisotopic (exact) mass is 328 g/mol. The fraction of sp³-hybridized carbons (Fsp3) is 0.158. The Morgan fingerprint density at radius 1 is 1.13 bits per heavy atom. The van der Waals surface area contributed by atoms with Crippen LogP contribution in [0.15, 0.2) is 48.5 Å². The van der Waals surface area contributed by atoms with Crippen molar-refractivity contribution in [2.24, 2.45) is 0 Å². The molecule has 3 nitrogen and oxygen atoms in total. The largest absolute Gasteiger partial charge is 0.454 e. The average Bonchev–Trinajstić information content (AvgIpc) is 2.54. The topological polar surface area (TPSA) is 43.4 Å². The van der Waals surface area contributed by atoms with E-state index in [4.69, 9.17) is 16.3 Å². The van der Waals surface area contributed by atoms with Crippen molar-refractivity contribution in [1.29, 1.82) is 0 Å². The number of carbonyl (C=O) groups excluding carboxylic acids is 2. The highest BCUT2D eigenvalue weighted by molar-refractivity contribution is 6.32. The Morgan fingerprint density at radius 2 is 1.87 bits per heavy atom. The quantitative estimate of drug-likeness (QED) is 0.464. The molecule has 0 spiro atoms. The Morgan fingerprint density at radius 3 is 2.61 bits per heavy atom. The van der Waals surface area contributed by atoms with E-state index in [1.54, 1.807) is 30.3 Å². The highest BCUT2D eigenvalue weighted by Gasteiger charge is 2.11. The molecule has 2 aromatic carbocycles. The van der Waals surface area contributed by atoms with Gasteiger partial charge in [0.1, 0.15) is 0 Å². The maximum Gasteiger partial charge on any atom is 0.331 e. The molecule has 0 saturated carbocycles. The Balaban J connectivity index is 1.95. The van der Waals surface area contributed by atoms with Gasteiger partial charge in [-0.15, -0.1) is 0 Å². The van der Waals surface area contributed by atoms with Gasteiger partial charge in [-0.2, -0.15) is 0 Å². The number of ether oxygens (including phenoxy) is 1. The zero-order valence-electron chi connectivity index (χ0n) is 13.0. The van der Waals surface area contributed by atoms with Gasteiger partial charge < -0.3 is 4.74 Å². The minimum absolute atomic E-state index is 0.217. The van der Waals surface area contributed by atoms with E-state index in [0.717, 1.165) is 11.1 Å². The van der Waals surface area contributed by atoms with E-state index < -0.39 is 5.97 Å². The van der Waals surface area contributed by atoms with Gasteiger partial charge in [0.25, 0.3) is 0 Å². The molecule has 0 fully saturated rings. The lowest BCUT2D eigenvalue weighted by atomic mass is 10.0. The summed E-state index contributed by atoms with van der Waals surface area (Å²) in [7, 11) is 0. The molecule has 4 heteroatoms. The van der Waals surface area contributed by atoms with E-state index >= 15 is 0 Å². The summed E-state index contributed by atoms with van der Waals surface area (Å²) in [4.78, 5) is 23.8. The molecular formula is C19H17ClO3. The Labute approximate surface area is 140 Å². The normalized spacial score (nSPS) is 10.7. The van der Waals surface area contributed by atoms with Gasteiger partial charge in [0.2, 0.25) is 5.78 Å². The molecule has 0 aliphatic carbocycles. The zero-order valence-corrected chi connectivity index (χ0v) is 13.8. The van der Waals surface area contributed by atoms with Crippen LogP contribution in [0.1, 0.15) is 27.0 Å². The molecule has 0 aliphatic rings. The van der Waals surface area contributed by atoms with Crippen molar-refractivity contribution in [1.82, 2.24) is 0 Å². The van der Waals surface area contributed by atoms with Gasteiger partial charge in [-0.3, -0.25) is 4.79 Å². The number of Topliss-reactive ketones (excluding diaryl/α,β-unsaturated/α-hetero) is 1. The fourth-order valence-electron chi connectivity index (χ4n) is 2.07. The number of halogens is 1. The SMILES string of the molecule is Cc1ccc(C)c(C(=O)COC(=O)/C=C/c2ccccc2Cl)c1. The van der Waals surface area contributed by atoms with Gasteiger partial charge >= 0.3 is 5.97 Å². The standard InChI is InChI=1S/C19H17ClO3/c1-13-7-8-14(2)16(11-13)18(21)12-23-19(22)10-9-15-5-3-4-6-17(15)20/h3-11H,12H2,1-2H3/b10-9+. The third-order valence-electron chi connectivity index (χ3n) is 3.34. The highest BCUT2D eigenvalue weighted by atomic mass is 35.5. The maximum absolute atomic E-state index is 12.1. The van der Waals surface area contributed by atoms with Crippen LogP contribution in [0.2, 0.25) is 5.02 Å². The molecule has 2 aromatic rings. The average molecular weight is 329 g/mol. The van der Waals surface area contributed by atoms with Crippen LogP contribution >= 0.6 is 11.6 Å². The molecule has 23 heavy (non-hydrogen) atoms. The van der Waals surface area contributed by atoms with E-state index in [-0.39, 0.29) is 12.4 Å². The van der Waals surface area contributed by atoms with E-state index in [1.807, 2.05) is 32.0 Å². The summed E-state index contributed by atoms with van der Waals surface area (Å²) in [5, 5.41) is 0.544. The molecule has 0 aromatic heterocycles. The van der Waals surface area contributed by atoms with Gasteiger partial charge in [0, 0.05) is 16.7 Å². The number of hydrogen-bond acceptors (Lipinski definition) is 3. The lowest BCUT2D eigenvalue weighted by Gasteiger charge is -2.06. The number of benzene rings is 2. The minimum atomic E-state index is -0.580. The van der Waals surface area contributed by atoms with E-state index in [0.29, 0.717) is 16.1 Å². The van der Waals surface area contributed by atoms with Crippen molar-refractivity contribution >= 4 is 29.4 Å². The summed E-state index contributed by atoms with van der Waals surface area (Å²) in [5.41, 5.74) is 3.15. The van der Waals surface area contributed by atoms with E-state index in [1.165, 1.54) is 6.08 Å². The Kier molecular flexibility index (Phi) is 5.72. The van der Waals surface area contributed by atoms with Crippen molar-refractivity contribution in [2.45, 2.75) is 13.8 Å². The number of esters is 1. The molecular weight excluding hydrogens is 312 g/mol. The molecule has 0 N–H and O–H groups in total. The lowest BCUT2D eigenvalue weighted by Crippen LogP contribution is -2.13. The molecule has 0 aliphatic heterocycles. The number of aryl methyl sites for hydroxylation is 2. The summed E-state index contributed by atoms with van der Waals surface area (Å²) < 4.78 is 5.00. The maximum atomic E-state index is 12.1. The second-order valence-corrected chi connectivity index (χ2v) is 5.61. The Bertz CT molecular complexity index is 763. The van der Waals surface area contributed by atoms with E-state index in [9.17, 15) is 9.59 Å². The first-order valence-electron chi connectivity index (χ1n) is 7.17. The third-order valence-corrected chi connectivity index (χ3v) is 3.69. The van der Waals surface area contributed by atoms with E-state index in [2.05, 4.69) is 0 Å². The minimum Gasteiger partial charge on any atom is -0.454 e. The van der Waals surface area contributed by atoms with Crippen molar-refractivity contribution < 1.29 is 14.3 Å². The summed E-state index contributed by atoms with van der Waals surface area (Å²) in [6, 6.07) is 12.8. The second-order valence-electron chi connectivity index (χ2n) is 5.20. The first kappa shape index (κ1) is 17.0. The summed E-state index contributed by atoms with van der Waals surface area (Å²) in [6.07, 6.45) is 2.82. The molecule has 0 amide bonds. The predicted molar refractivity (Wildman–Crippen MR) is 91.7 cm³/mol. The number of ketones is 1. The van der Waals surface area contributed by atoms with Crippen molar-refractivity contribution in [3.63, 3.8) is 0 Å². The first-order valence-corrected chi connectivity index (χ1v) is 7.55. The lowest BCUT2D eigenvalue weighted by molar-refractivity contribution is -0.136. The number of rotatable bonds is 5. The molecule has 0 atom stereocenters. The van der Waals surface area contributed by atoms with Crippen LogP contribution in [0.5, 0.6) is 0 Å². The van der Waals surface area contributed by atoms with Crippen LogP contribution in [0.25, 0.3) is 6.08 Å². The molecule has 2 rings (SSSR count). The van der Waals surface area contributed by atoms with Crippen LogP contribution in [-0.4, -0.2) is 18.4 Å². The van der Waals surface area contributed by atoms with Crippen molar-refractivity contribution in [2.75, 3.05) is 6.61 Å². The first-order chi connectivity index (χ1) is 11.0. The third kappa shape index (κ3) is 4.80. The molecule has 0 unspecified atom stereocenters. The highest BCUT2D eigenvalue weighted by Crippen LogP contribution is 2.16. The van der Waals surface area contributed by atoms with Crippen LogP contribution < -0.4 is 0 Å². The fourth-order valence-corrected chi connectivity index (χ4v) is 2.27. The van der Waals surface area contributed by atoms with Gasteiger partial charge in [-0.25, -0.2) is 4.79 Å². The van der Waals surface area contributed by atoms with Crippen LogP contribution in [0, 0.1) is 13.8 Å². The summed E-state index contributed by atoms with van der Waals surface area (Å²) in [5.74, 6) is -0.797. The number of hydrogen-bond donors (Lipinski definition) is 0. The molecule has 0 heterocycles. The Hall–Kier alpha value is -2.39. The van der Waals surface area contributed by atoms with Gasteiger partial charge in [-0.05, 0) is 43.2 Å².